The third-order valence-electron chi connectivity index (χ3n) is 6.33. The Balaban J connectivity index is 1.65. The van der Waals surface area contributed by atoms with Gasteiger partial charge in [-0.15, -0.1) is 0 Å². The zero-order valence-electron chi connectivity index (χ0n) is 18.5. The molecule has 0 radical (unpaired) electrons. The van der Waals surface area contributed by atoms with E-state index in [0.717, 1.165) is 31.7 Å². The van der Waals surface area contributed by atoms with E-state index in [9.17, 15) is 18.8 Å². The molecular weight excluding hydrogens is 425 g/mol. The van der Waals surface area contributed by atoms with E-state index >= 15 is 0 Å². The first-order chi connectivity index (χ1) is 16.0. The molecule has 0 N–H and O–H groups in total. The Morgan fingerprint density at radius 2 is 1.94 bits per heavy atom. The maximum absolute atomic E-state index is 13.8. The number of ether oxygens (including phenoxy) is 1. The van der Waals surface area contributed by atoms with Gasteiger partial charge < -0.3 is 4.74 Å². The predicted octanol–water partition coefficient (Wildman–Crippen LogP) is 4.04. The minimum Gasteiger partial charge on any atom is -0.465 e. The highest BCUT2D eigenvalue weighted by atomic mass is 19.1. The van der Waals surface area contributed by atoms with Gasteiger partial charge in [-0.05, 0) is 42.7 Å². The van der Waals surface area contributed by atoms with Crippen molar-refractivity contribution in [3.63, 3.8) is 0 Å². The maximum Gasteiger partial charge on any atom is 0.339 e. The smallest absolute Gasteiger partial charge is 0.339 e. The van der Waals surface area contributed by atoms with Gasteiger partial charge in [0.05, 0.1) is 42.4 Å². The summed E-state index contributed by atoms with van der Waals surface area (Å²) in [5, 5.41) is 0.152. The van der Waals surface area contributed by atoms with E-state index in [-0.39, 0.29) is 17.6 Å². The molecular formula is C25H26FN3O4. The number of rotatable bonds is 7. The molecule has 1 aliphatic rings. The molecule has 1 saturated carbocycles. The average Bonchev–Trinajstić information content (AvgIpc) is 2.84. The minimum atomic E-state index is -0.720. The fourth-order valence-corrected chi connectivity index (χ4v) is 4.53. The van der Waals surface area contributed by atoms with E-state index in [1.807, 2.05) is 0 Å². The summed E-state index contributed by atoms with van der Waals surface area (Å²) < 4.78 is 19.8. The topological polar surface area (TPSA) is 91.2 Å². The Kier molecular flexibility index (Phi) is 6.91. The first kappa shape index (κ1) is 22.8. The third-order valence-corrected chi connectivity index (χ3v) is 6.33. The van der Waals surface area contributed by atoms with Crippen molar-refractivity contribution >= 4 is 22.7 Å². The van der Waals surface area contributed by atoms with Gasteiger partial charge in [0, 0.05) is 11.9 Å². The zero-order valence-corrected chi connectivity index (χ0v) is 18.5. The Morgan fingerprint density at radius 1 is 1.15 bits per heavy atom. The summed E-state index contributed by atoms with van der Waals surface area (Å²) in [4.78, 5) is 46.8. The number of pyridine rings is 1. The molecule has 0 spiro atoms. The molecule has 33 heavy (non-hydrogen) atoms. The summed E-state index contributed by atoms with van der Waals surface area (Å²) in [7, 11) is 1.29. The van der Waals surface area contributed by atoms with Crippen LogP contribution >= 0.6 is 0 Å². The molecule has 172 valence electrons. The molecule has 7 nitrogen and oxygen atoms in total. The lowest BCUT2D eigenvalue weighted by molar-refractivity contribution is -0.122. The summed E-state index contributed by atoms with van der Waals surface area (Å²) in [5.41, 5.74) is 0.753. The largest absolute Gasteiger partial charge is 0.465 e. The number of Topliss-reactive ketones (excluding diaryl/α,β-unsaturated/α-hetero) is 1. The van der Waals surface area contributed by atoms with Crippen molar-refractivity contribution in [2.45, 2.75) is 51.0 Å². The van der Waals surface area contributed by atoms with Crippen LogP contribution in [0.3, 0.4) is 0 Å². The Labute approximate surface area is 190 Å². The van der Waals surface area contributed by atoms with Gasteiger partial charge in [0.25, 0.3) is 5.56 Å². The van der Waals surface area contributed by atoms with Crippen molar-refractivity contribution in [2.75, 3.05) is 7.11 Å². The molecule has 4 rings (SSSR count). The SMILES string of the molecule is COC(=O)c1ccc(CC(=O)C(CC2CCCCC2)n2cnc3ccc(F)cc3c2=O)nc1. The predicted molar refractivity (Wildman–Crippen MR) is 120 cm³/mol. The van der Waals surface area contributed by atoms with Gasteiger partial charge in [0.15, 0.2) is 5.78 Å². The number of benzene rings is 1. The van der Waals surface area contributed by atoms with Crippen LogP contribution in [0.25, 0.3) is 10.9 Å². The van der Waals surface area contributed by atoms with Crippen molar-refractivity contribution in [3.05, 3.63) is 70.3 Å². The van der Waals surface area contributed by atoms with Crippen LogP contribution in [0.15, 0.2) is 47.7 Å². The van der Waals surface area contributed by atoms with Crippen molar-refractivity contribution in [1.29, 1.82) is 0 Å². The Bertz CT molecular complexity index is 1220. The number of aromatic nitrogens is 3. The minimum absolute atomic E-state index is 0.00642. The standard InChI is InChI=1S/C25H26FN3O4/c1-33-25(32)17-7-9-19(27-14-17)13-23(30)22(11-16-5-3-2-4-6-16)29-15-28-21-10-8-18(26)12-20(21)24(29)31/h7-10,12,14-16,22H,2-6,11,13H2,1H3. The van der Waals surface area contributed by atoms with Crippen molar-refractivity contribution in [3.8, 4) is 0 Å². The monoisotopic (exact) mass is 451 g/mol. The highest BCUT2D eigenvalue weighted by Crippen LogP contribution is 2.31. The third kappa shape index (κ3) is 5.16. The van der Waals surface area contributed by atoms with Crippen LogP contribution < -0.4 is 5.56 Å². The van der Waals surface area contributed by atoms with Crippen LogP contribution in [0.4, 0.5) is 4.39 Å². The molecule has 2 aromatic heterocycles. The van der Waals surface area contributed by atoms with Gasteiger partial charge in [0.1, 0.15) is 5.82 Å². The van der Waals surface area contributed by atoms with Crippen molar-refractivity contribution < 1.29 is 18.7 Å². The molecule has 1 aromatic carbocycles. The zero-order chi connectivity index (χ0) is 23.4. The van der Waals surface area contributed by atoms with Crippen LogP contribution in [0.2, 0.25) is 0 Å². The van der Waals surface area contributed by atoms with Crippen molar-refractivity contribution in [2.24, 2.45) is 5.92 Å². The van der Waals surface area contributed by atoms with Crippen LogP contribution in [0.5, 0.6) is 0 Å². The highest BCUT2D eigenvalue weighted by Gasteiger charge is 2.27. The first-order valence-corrected chi connectivity index (χ1v) is 11.2. The second kappa shape index (κ2) is 10.0. The summed E-state index contributed by atoms with van der Waals surface area (Å²) in [6.45, 7) is 0. The van der Waals surface area contributed by atoms with Gasteiger partial charge in [-0.25, -0.2) is 14.2 Å². The number of hydrogen-bond acceptors (Lipinski definition) is 6. The van der Waals surface area contributed by atoms with Gasteiger partial charge >= 0.3 is 5.97 Å². The van der Waals surface area contributed by atoms with Crippen molar-refractivity contribution in [1.82, 2.24) is 14.5 Å². The number of nitrogens with zero attached hydrogens (tertiary/aromatic N) is 3. The van der Waals surface area contributed by atoms with Gasteiger partial charge in [-0.2, -0.15) is 0 Å². The summed E-state index contributed by atoms with van der Waals surface area (Å²) >= 11 is 0. The second-order valence-corrected chi connectivity index (χ2v) is 8.55. The van der Waals surface area contributed by atoms with Crippen LogP contribution in [0.1, 0.15) is 60.6 Å². The molecule has 1 unspecified atom stereocenters. The Morgan fingerprint density at radius 3 is 2.64 bits per heavy atom. The quantitative estimate of drug-likeness (QED) is 0.504. The molecule has 1 atom stereocenters. The second-order valence-electron chi connectivity index (χ2n) is 8.55. The lowest BCUT2D eigenvalue weighted by Gasteiger charge is -2.27. The van der Waals surface area contributed by atoms with Crippen LogP contribution in [0, 0.1) is 11.7 Å². The Hall–Kier alpha value is -3.42. The molecule has 1 fully saturated rings. The van der Waals surface area contributed by atoms with E-state index in [4.69, 9.17) is 0 Å². The van der Waals surface area contributed by atoms with E-state index in [0.29, 0.717) is 29.1 Å². The molecule has 0 amide bonds. The molecule has 0 bridgehead atoms. The lowest BCUT2D eigenvalue weighted by atomic mass is 9.83. The number of fused-ring (bicyclic) bond motifs is 1. The molecule has 3 aromatic rings. The van der Waals surface area contributed by atoms with E-state index in [1.54, 1.807) is 12.1 Å². The van der Waals surface area contributed by atoms with Gasteiger partial charge in [0.2, 0.25) is 0 Å². The number of methoxy groups -OCH3 is 1. The molecule has 0 saturated heterocycles. The molecule has 8 heteroatoms. The number of ketones is 1. The highest BCUT2D eigenvalue weighted by molar-refractivity contribution is 5.89. The molecule has 1 aliphatic carbocycles. The summed E-state index contributed by atoms with van der Waals surface area (Å²) in [6, 6.07) is 6.33. The van der Waals surface area contributed by atoms with Gasteiger partial charge in [-0.1, -0.05) is 32.1 Å². The van der Waals surface area contributed by atoms with E-state index in [1.165, 1.54) is 42.8 Å². The number of halogens is 1. The van der Waals surface area contributed by atoms with Crippen LogP contribution in [-0.4, -0.2) is 33.4 Å². The first-order valence-electron chi connectivity index (χ1n) is 11.2. The average molecular weight is 451 g/mol. The summed E-state index contributed by atoms with van der Waals surface area (Å²) in [5.74, 6) is -0.864. The molecule has 2 heterocycles. The maximum atomic E-state index is 13.8. The number of hydrogen-bond donors (Lipinski definition) is 0. The number of carbonyl (C=O) groups excluding carboxylic acids is 2. The normalized spacial score (nSPS) is 15.3. The number of esters is 1. The lowest BCUT2D eigenvalue weighted by Crippen LogP contribution is -2.33. The number of carbonyl (C=O) groups is 2. The fraction of sp³-hybridized carbons (Fsp3) is 0.400. The van der Waals surface area contributed by atoms with E-state index in [2.05, 4.69) is 14.7 Å². The molecule has 0 aliphatic heterocycles. The fourth-order valence-electron chi connectivity index (χ4n) is 4.53. The van der Waals surface area contributed by atoms with E-state index < -0.39 is 23.4 Å². The van der Waals surface area contributed by atoms with Crippen LogP contribution in [-0.2, 0) is 16.0 Å². The van der Waals surface area contributed by atoms with Gasteiger partial charge in [-0.3, -0.25) is 19.1 Å². The summed E-state index contributed by atoms with van der Waals surface area (Å²) in [6.07, 6.45) is 8.73.